The monoisotopic (exact) mass is 227 g/mol. The summed E-state index contributed by atoms with van der Waals surface area (Å²) in [5, 5.41) is 10.3. The molecule has 0 atom stereocenters. The Labute approximate surface area is 92.0 Å². The summed E-state index contributed by atoms with van der Waals surface area (Å²) >= 11 is 0. The van der Waals surface area contributed by atoms with Gasteiger partial charge in [0, 0.05) is 13.6 Å². The van der Waals surface area contributed by atoms with Gasteiger partial charge in [0.05, 0.1) is 6.07 Å². The summed E-state index contributed by atoms with van der Waals surface area (Å²) in [6.07, 6.45) is 0.672. The fraction of sp³-hybridized carbons (Fsp3) is 0.444. The highest BCUT2D eigenvalue weighted by molar-refractivity contribution is 5.91. The number of nitrogens with zero attached hydrogens (tertiary/aromatic N) is 2. The van der Waals surface area contributed by atoms with E-state index in [1.165, 1.54) is 11.0 Å². The fourth-order valence-electron chi connectivity index (χ4n) is 1.16. The number of carbonyl (C=O) groups is 1. The second-order valence-electron chi connectivity index (χ2n) is 3.26. The van der Waals surface area contributed by atoms with Crippen LogP contribution in [-0.4, -0.2) is 35.9 Å². The van der Waals surface area contributed by atoms with Crippen LogP contribution < -0.4 is 5.73 Å². The Bertz CT molecular complexity index is 388. The first-order chi connectivity index (χ1) is 7.56. The number of carbonyl (C=O) groups excluding carboxylic acids is 1. The highest BCUT2D eigenvalue weighted by Gasteiger charge is 2.19. The minimum Gasteiger partial charge on any atom is -0.395 e. The van der Waals surface area contributed by atoms with E-state index in [-0.39, 0.29) is 11.7 Å². The summed E-state index contributed by atoms with van der Waals surface area (Å²) < 4.78 is 4.79. The van der Waals surface area contributed by atoms with Crippen LogP contribution in [-0.2, 0) is 0 Å². The van der Waals surface area contributed by atoms with Crippen LogP contribution in [0.1, 0.15) is 17.0 Å². The minimum atomic E-state index is -0.684. The summed E-state index contributed by atoms with van der Waals surface area (Å²) in [4.78, 5) is 22.7. The maximum atomic E-state index is 11.7. The van der Waals surface area contributed by atoms with E-state index in [4.69, 9.17) is 10.2 Å². The van der Waals surface area contributed by atoms with Crippen molar-refractivity contribution in [3.63, 3.8) is 0 Å². The Balaban J connectivity index is 2.68. The Morgan fingerprint density at radius 1 is 1.62 bits per heavy atom. The molecule has 0 aliphatic carbocycles. The molecule has 0 saturated carbocycles. The van der Waals surface area contributed by atoms with E-state index < -0.39 is 10.8 Å². The Morgan fingerprint density at radius 3 is 2.81 bits per heavy atom. The molecule has 0 spiro atoms. The van der Waals surface area contributed by atoms with Crippen LogP contribution >= 0.6 is 0 Å². The lowest BCUT2D eigenvalue weighted by Crippen LogP contribution is -2.28. The van der Waals surface area contributed by atoms with E-state index in [2.05, 4.69) is 0 Å². The molecule has 0 unspecified atom stereocenters. The van der Waals surface area contributed by atoms with E-state index >= 15 is 0 Å². The molecule has 0 saturated heterocycles. The van der Waals surface area contributed by atoms with Crippen LogP contribution in [0.25, 0.3) is 0 Å². The summed E-state index contributed by atoms with van der Waals surface area (Å²) in [6.45, 7) is 0.972. The van der Waals surface area contributed by atoms with Gasteiger partial charge in [-0.2, -0.15) is 0 Å². The number of rotatable bonds is 5. The van der Waals surface area contributed by atoms with Crippen molar-refractivity contribution in [2.75, 3.05) is 20.1 Å². The van der Waals surface area contributed by atoms with Gasteiger partial charge in [-0.05, 0) is 19.0 Å². The standard InChI is InChI=1S/C9H13N3O4/c1-11(6-2-5-10)9(13)7-3-4-8(16-7)12(14)15/h3-4H,2,5-6,10H2,1H3. The van der Waals surface area contributed by atoms with Gasteiger partial charge in [-0.3, -0.25) is 14.9 Å². The van der Waals surface area contributed by atoms with Crippen molar-refractivity contribution in [3.8, 4) is 0 Å². The molecule has 0 aliphatic rings. The lowest BCUT2D eigenvalue weighted by Gasteiger charge is -2.14. The molecule has 1 aromatic heterocycles. The van der Waals surface area contributed by atoms with Crippen molar-refractivity contribution in [1.29, 1.82) is 0 Å². The van der Waals surface area contributed by atoms with Crippen molar-refractivity contribution in [3.05, 3.63) is 28.0 Å². The highest BCUT2D eigenvalue weighted by atomic mass is 16.6. The summed E-state index contributed by atoms with van der Waals surface area (Å²) in [5.41, 5.74) is 5.31. The second-order valence-corrected chi connectivity index (χ2v) is 3.26. The first-order valence-electron chi connectivity index (χ1n) is 4.76. The van der Waals surface area contributed by atoms with Crippen LogP contribution in [0.4, 0.5) is 5.88 Å². The molecule has 88 valence electrons. The summed E-state index contributed by atoms with van der Waals surface area (Å²) in [6, 6.07) is 2.45. The van der Waals surface area contributed by atoms with E-state index in [1.54, 1.807) is 7.05 Å². The van der Waals surface area contributed by atoms with Gasteiger partial charge >= 0.3 is 5.88 Å². The zero-order chi connectivity index (χ0) is 12.1. The van der Waals surface area contributed by atoms with Crippen molar-refractivity contribution >= 4 is 11.8 Å². The molecule has 1 rings (SSSR count). The summed E-state index contributed by atoms with van der Waals surface area (Å²) in [5.74, 6) is -0.858. The zero-order valence-corrected chi connectivity index (χ0v) is 8.88. The number of hydrogen-bond donors (Lipinski definition) is 1. The normalized spacial score (nSPS) is 10.1. The molecule has 7 heteroatoms. The molecule has 0 fully saturated rings. The molecular formula is C9H13N3O4. The predicted octanol–water partition coefficient (Wildman–Crippen LogP) is 0.609. The van der Waals surface area contributed by atoms with Crippen molar-refractivity contribution < 1.29 is 14.1 Å². The van der Waals surface area contributed by atoms with Gasteiger partial charge in [0.2, 0.25) is 0 Å². The molecule has 0 radical (unpaired) electrons. The van der Waals surface area contributed by atoms with Gasteiger partial charge in [0.15, 0.2) is 5.76 Å². The predicted molar refractivity (Wildman–Crippen MR) is 56.0 cm³/mol. The number of furan rings is 1. The van der Waals surface area contributed by atoms with E-state index in [9.17, 15) is 14.9 Å². The van der Waals surface area contributed by atoms with Crippen LogP contribution in [0.2, 0.25) is 0 Å². The average molecular weight is 227 g/mol. The van der Waals surface area contributed by atoms with E-state index in [1.807, 2.05) is 0 Å². The Kier molecular flexibility index (Phi) is 4.01. The third-order valence-corrected chi connectivity index (χ3v) is 2.03. The van der Waals surface area contributed by atoms with Gasteiger partial charge in [0.25, 0.3) is 5.91 Å². The number of nitro groups is 1. The SMILES string of the molecule is CN(CCCN)C(=O)c1ccc([N+](=O)[O-])o1. The zero-order valence-electron chi connectivity index (χ0n) is 8.88. The van der Waals surface area contributed by atoms with Crippen molar-refractivity contribution in [2.45, 2.75) is 6.42 Å². The minimum absolute atomic E-state index is 0.0359. The fourth-order valence-corrected chi connectivity index (χ4v) is 1.16. The molecule has 7 nitrogen and oxygen atoms in total. The lowest BCUT2D eigenvalue weighted by molar-refractivity contribution is -0.402. The topological polar surface area (TPSA) is 103 Å². The Morgan fingerprint density at radius 2 is 2.31 bits per heavy atom. The number of amides is 1. The summed E-state index contributed by atoms with van der Waals surface area (Å²) in [7, 11) is 1.59. The lowest BCUT2D eigenvalue weighted by atomic mass is 10.3. The molecule has 0 bridgehead atoms. The third kappa shape index (κ3) is 2.80. The van der Waals surface area contributed by atoms with Gasteiger partial charge in [-0.1, -0.05) is 0 Å². The highest BCUT2D eigenvalue weighted by Crippen LogP contribution is 2.16. The Hall–Kier alpha value is -1.89. The molecule has 16 heavy (non-hydrogen) atoms. The molecule has 2 N–H and O–H groups in total. The van der Waals surface area contributed by atoms with Crippen molar-refractivity contribution in [1.82, 2.24) is 4.90 Å². The average Bonchev–Trinajstić information content (AvgIpc) is 2.74. The van der Waals surface area contributed by atoms with Gasteiger partial charge in [-0.25, -0.2) is 0 Å². The smallest absolute Gasteiger partial charge is 0.395 e. The number of nitrogens with two attached hydrogens (primary N) is 1. The van der Waals surface area contributed by atoms with E-state index in [0.29, 0.717) is 19.5 Å². The van der Waals surface area contributed by atoms with Crippen molar-refractivity contribution in [2.24, 2.45) is 5.73 Å². The largest absolute Gasteiger partial charge is 0.433 e. The molecule has 0 aliphatic heterocycles. The van der Waals surface area contributed by atoms with Gasteiger partial charge in [-0.15, -0.1) is 0 Å². The van der Waals surface area contributed by atoms with E-state index in [0.717, 1.165) is 6.07 Å². The number of hydrogen-bond acceptors (Lipinski definition) is 5. The quantitative estimate of drug-likeness (QED) is 0.586. The van der Waals surface area contributed by atoms with Gasteiger partial charge in [0.1, 0.15) is 4.92 Å². The molecular weight excluding hydrogens is 214 g/mol. The third-order valence-electron chi connectivity index (χ3n) is 2.03. The molecule has 0 aromatic carbocycles. The van der Waals surface area contributed by atoms with Crippen LogP contribution in [0.5, 0.6) is 0 Å². The molecule has 1 heterocycles. The van der Waals surface area contributed by atoms with Crippen LogP contribution in [0, 0.1) is 10.1 Å². The molecule has 1 aromatic rings. The van der Waals surface area contributed by atoms with Gasteiger partial charge < -0.3 is 15.1 Å². The van der Waals surface area contributed by atoms with Crippen LogP contribution in [0.15, 0.2) is 16.5 Å². The molecule has 1 amide bonds. The maximum Gasteiger partial charge on any atom is 0.433 e. The maximum absolute atomic E-state index is 11.7. The van der Waals surface area contributed by atoms with Crippen LogP contribution in [0.3, 0.4) is 0 Å². The first-order valence-corrected chi connectivity index (χ1v) is 4.76. The second kappa shape index (κ2) is 5.26. The first kappa shape index (κ1) is 12.2.